The van der Waals surface area contributed by atoms with E-state index < -0.39 is 0 Å². The summed E-state index contributed by atoms with van der Waals surface area (Å²) >= 11 is 5.89. The largest absolute Gasteiger partial charge is 0.353 e. The molecule has 2 atom stereocenters. The Hall–Kier alpha value is -0.760. The Bertz CT molecular complexity index is 405. The van der Waals surface area contributed by atoms with Gasteiger partial charge >= 0.3 is 0 Å². The third-order valence-electron chi connectivity index (χ3n) is 4.47. The molecule has 1 aliphatic heterocycles. The molecule has 0 spiro atoms. The Morgan fingerprint density at radius 2 is 2.00 bits per heavy atom. The second kappa shape index (κ2) is 5.48. The zero-order valence-corrected chi connectivity index (χ0v) is 11.6. The number of hydrogen-bond donors (Lipinski definition) is 0. The number of piperidine rings is 1. The van der Waals surface area contributed by atoms with Crippen LogP contribution in [0, 0.1) is 5.92 Å². The maximum atomic E-state index is 5.89. The summed E-state index contributed by atoms with van der Waals surface area (Å²) in [7, 11) is 0. The number of anilines is 1. The first kappa shape index (κ1) is 12.3. The standard InChI is InChI=1S/C15H21ClN2/c16-11-13-7-3-9-15(17-13)18-10-4-6-12-5-1-2-8-14(12)18/h3,7,9,12,14H,1-2,4-6,8,10-11H2. The molecule has 2 fully saturated rings. The van der Waals surface area contributed by atoms with Gasteiger partial charge in [-0.15, -0.1) is 11.6 Å². The van der Waals surface area contributed by atoms with Gasteiger partial charge in [0.25, 0.3) is 0 Å². The van der Waals surface area contributed by atoms with E-state index in [1.807, 2.05) is 6.07 Å². The molecule has 18 heavy (non-hydrogen) atoms. The van der Waals surface area contributed by atoms with Gasteiger partial charge in [0.2, 0.25) is 0 Å². The Kier molecular flexibility index (Phi) is 3.74. The molecule has 0 bridgehead atoms. The monoisotopic (exact) mass is 264 g/mol. The van der Waals surface area contributed by atoms with Gasteiger partial charge in [0.15, 0.2) is 0 Å². The molecule has 1 saturated carbocycles. The summed E-state index contributed by atoms with van der Waals surface area (Å²) in [4.78, 5) is 7.24. The summed E-state index contributed by atoms with van der Waals surface area (Å²) in [6, 6.07) is 6.98. The van der Waals surface area contributed by atoms with E-state index in [9.17, 15) is 0 Å². The molecule has 2 nitrogen and oxygen atoms in total. The Morgan fingerprint density at radius 3 is 2.89 bits per heavy atom. The van der Waals surface area contributed by atoms with Crippen molar-refractivity contribution >= 4 is 17.4 Å². The maximum absolute atomic E-state index is 5.89. The molecule has 3 rings (SSSR count). The second-order valence-corrected chi connectivity index (χ2v) is 5.84. The molecule has 3 heteroatoms. The fourth-order valence-corrected chi connectivity index (χ4v) is 3.76. The summed E-state index contributed by atoms with van der Waals surface area (Å²) < 4.78 is 0. The topological polar surface area (TPSA) is 16.1 Å². The summed E-state index contributed by atoms with van der Waals surface area (Å²) in [5, 5.41) is 0. The van der Waals surface area contributed by atoms with Gasteiger partial charge in [-0.25, -0.2) is 4.98 Å². The zero-order chi connectivity index (χ0) is 12.4. The molecule has 1 aromatic heterocycles. The van der Waals surface area contributed by atoms with Crippen LogP contribution < -0.4 is 4.90 Å². The number of fused-ring (bicyclic) bond motifs is 1. The fraction of sp³-hybridized carbons (Fsp3) is 0.667. The minimum Gasteiger partial charge on any atom is -0.353 e. The molecule has 0 aromatic carbocycles. The van der Waals surface area contributed by atoms with Crippen molar-refractivity contribution in [2.45, 2.75) is 50.4 Å². The molecule has 2 aliphatic rings. The highest BCUT2D eigenvalue weighted by Crippen LogP contribution is 2.37. The normalized spacial score (nSPS) is 27.9. The van der Waals surface area contributed by atoms with Crippen LogP contribution in [0.3, 0.4) is 0 Å². The van der Waals surface area contributed by atoms with E-state index in [4.69, 9.17) is 16.6 Å². The van der Waals surface area contributed by atoms with Gasteiger partial charge in [-0.1, -0.05) is 18.9 Å². The third-order valence-corrected chi connectivity index (χ3v) is 4.74. The van der Waals surface area contributed by atoms with Gasteiger partial charge in [0, 0.05) is 12.6 Å². The summed E-state index contributed by atoms with van der Waals surface area (Å²) in [5.41, 5.74) is 0.993. The number of alkyl halides is 1. The zero-order valence-electron chi connectivity index (χ0n) is 10.8. The van der Waals surface area contributed by atoms with Crippen LogP contribution in [0.25, 0.3) is 0 Å². The van der Waals surface area contributed by atoms with Crippen molar-refractivity contribution in [3.8, 4) is 0 Å². The first-order valence-corrected chi connectivity index (χ1v) is 7.70. The molecule has 2 unspecified atom stereocenters. The minimum atomic E-state index is 0.510. The van der Waals surface area contributed by atoms with E-state index in [1.165, 1.54) is 45.1 Å². The molecule has 0 amide bonds. The number of halogens is 1. The Balaban J connectivity index is 1.84. The van der Waals surface area contributed by atoms with Crippen molar-refractivity contribution in [2.75, 3.05) is 11.4 Å². The lowest BCUT2D eigenvalue weighted by atomic mass is 9.78. The van der Waals surface area contributed by atoms with Crippen molar-refractivity contribution in [1.29, 1.82) is 0 Å². The van der Waals surface area contributed by atoms with E-state index >= 15 is 0 Å². The van der Waals surface area contributed by atoms with Crippen LogP contribution in [0.1, 0.15) is 44.2 Å². The lowest BCUT2D eigenvalue weighted by molar-refractivity contribution is 0.242. The second-order valence-electron chi connectivity index (χ2n) is 5.57. The molecule has 1 saturated heterocycles. The predicted octanol–water partition coefficient (Wildman–Crippen LogP) is 3.98. The van der Waals surface area contributed by atoms with Gasteiger partial charge in [-0.05, 0) is 43.7 Å². The Labute approximate surface area is 114 Å². The molecular formula is C15H21ClN2. The van der Waals surface area contributed by atoms with Gasteiger partial charge in [-0.2, -0.15) is 0 Å². The average Bonchev–Trinajstić information content (AvgIpc) is 2.47. The van der Waals surface area contributed by atoms with Crippen molar-refractivity contribution < 1.29 is 0 Å². The van der Waals surface area contributed by atoms with Crippen LogP contribution >= 0.6 is 11.6 Å². The van der Waals surface area contributed by atoms with Crippen molar-refractivity contribution in [1.82, 2.24) is 4.98 Å². The van der Waals surface area contributed by atoms with Crippen LogP contribution in [0.15, 0.2) is 18.2 Å². The molecule has 2 heterocycles. The van der Waals surface area contributed by atoms with Crippen molar-refractivity contribution in [3.63, 3.8) is 0 Å². The van der Waals surface area contributed by atoms with Crippen LogP contribution in [-0.2, 0) is 5.88 Å². The lowest BCUT2D eigenvalue weighted by Gasteiger charge is -2.44. The summed E-state index contributed by atoms with van der Waals surface area (Å²) in [6.45, 7) is 1.17. The van der Waals surface area contributed by atoms with Gasteiger partial charge in [0.1, 0.15) is 5.82 Å². The van der Waals surface area contributed by atoms with Crippen molar-refractivity contribution in [2.24, 2.45) is 5.92 Å². The predicted molar refractivity (Wildman–Crippen MR) is 76.1 cm³/mol. The number of nitrogens with zero attached hydrogens (tertiary/aromatic N) is 2. The van der Waals surface area contributed by atoms with Crippen LogP contribution in [0.4, 0.5) is 5.82 Å². The molecule has 1 aromatic rings. The van der Waals surface area contributed by atoms with Gasteiger partial charge < -0.3 is 4.90 Å². The fourth-order valence-electron chi connectivity index (χ4n) is 3.61. The quantitative estimate of drug-likeness (QED) is 0.751. The first-order valence-electron chi connectivity index (χ1n) is 7.17. The van der Waals surface area contributed by atoms with Crippen LogP contribution in [-0.4, -0.2) is 17.6 Å². The van der Waals surface area contributed by atoms with E-state index in [0.717, 1.165) is 23.5 Å². The van der Waals surface area contributed by atoms with Gasteiger partial charge in [-0.3, -0.25) is 0 Å². The SMILES string of the molecule is ClCc1cccc(N2CCCC3CCCCC32)n1. The molecule has 0 N–H and O–H groups in total. The highest BCUT2D eigenvalue weighted by atomic mass is 35.5. The number of aromatic nitrogens is 1. The van der Waals surface area contributed by atoms with E-state index in [2.05, 4.69) is 17.0 Å². The van der Waals surface area contributed by atoms with Gasteiger partial charge in [0.05, 0.1) is 11.6 Å². The summed E-state index contributed by atoms with van der Waals surface area (Å²) in [5.74, 6) is 2.55. The highest BCUT2D eigenvalue weighted by Gasteiger charge is 2.33. The number of rotatable bonds is 2. The maximum Gasteiger partial charge on any atom is 0.129 e. The Morgan fingerprint density at radius 1 is 1.17 bits per heavy atom. The van der Waals surface area contributed by atoms with Crippen LogP contribution in [0.5, 0.6) is 0 Å². The molecule has 1 aliphatic carbocycles. The van der Waals surface area contributed by atoms with Crippen molar-refractivity contribution in [3.05, 3.63) is 23.9 Å². The number of pyridine rings is 1. The minimum absolute atomic E-state index is 0.510. The molecular weight excluding hydrogens is 244 g/mol. The smallest absolute Gasteiger partial charge is 0.129 e. The molecule has 98 valence electrons. The van der Waals surface area contributed by atoms with E-state index in [-0.39, 0.29) is 0 Å². The van der Waals surface area contributed by atoms with Crippen LogP contribution in [0.2, 0.25) is 0 Å². The third kappa shape index (κ3) is 2.35. The summed E-state index contributed by atoms with van der Waals surface area (Å²) in [6.07, 6.45) is 8.29. The number of hydrogen-bond acceptors (Lipinski definition) is 2. The average molecular weight is 265 g/mol. The first-order chi connectivity index (χ1) is 8.88. The lowest BCUT2D eigenvalue weighted by Crippen LogP contribution is -2.47. The van der Waals surface area contributed by atoms with E-state index in [0.29, 0.717) is 5.88 Å². The van der Waals surface area contributed by atoms with E-state index in [1.54, 1.807) is 0 Å². The molecule has 0 radical (unpaired) electrons. The highest BCUT2D eigenvalue weighted by molar-refractivity contribution is 6.16.